The maximum Gasteiger partial charge on any atom is 0.317 e. The molecule has 1 aliphatic heterocycles. The standard InChI is InChI=1S/C12H25N3O/c1-10(2)12(3,4)9-14-11(16)15-7-5-13-6-8-15/h10,13H,5-9H2,1-4H3,(H,14,16). The predicted molar refractivity (Wildman–Crippen MR) is 66.5 cm³/mol. The Labute approximate surface area is 98.8 Å². The highest BCUT2D eigenvalue weighted by atomic mass is 16.2. The molecule has 0 radical (unpaired) electrons. The van der Waals surface area contributed by atoms with E-state index in [9.17, 15) is 4.79 Å². The summed E-state index contributed by atoms with van der Waals surface area (Å²) in [4.78, 5) is 13.7. The molecule has 2 amide bonds. The lowest BCUT2D eigenvalue weighted by Crippen LogP contribution is -2.51. The van der Waals surface area contributed by atoms with Gasteiger partial charge in [0.05, 0.1) is 0 Å². The molecule has 2 N–H and O–H groups in total. The van der Waals surface area contributed by atoms with E-state index in [1.165, 1.54) is 0 Å². The number of hydrogen-bond donors (Lipinski definition) is 2. The lowest BCUT2D eigenvalue weighted by molar-refractivity contribution is 0.176. The van der Waals surface area contributed by atoms with Crippen LogP contribution in [0.2, 0.25) is 0 Å². The normalized spacial score (nSPS) is 17.7. The van der Waals surface area contributed by atoms with Crippen molar-refractivity contribution in [3.8, 4) is 0 Å². The molecule has 0 aromatic carbocycles. The molecular weight excluding hydrogens is 202 g/mol. The van der Waals surface area contributed by atoms with Gasteiger partial charge in [-0.15, -0.1) is 0 Å². The number of amides is 2. The molecule has 0 unspecified atom stereocenters. The molecule has 0 aromatic rings. The van der Waals surface area contributed by atoms with E-state index in [1.807, 2.05) is 4.90 Å². The van der Waals surface area contributed by atoms with Gasteiger partial charge in [0.2, 0.25) is 0 Å². The molecule has 1 saturated heterocycles. The smallest absolute Gasteiger partial charge is 0.317 e. The third kappa shape index (κ3) is 3.67. The summed E-state index contributed by atoms with van der Waals surface area (Å²) in [7, 11) is 0. The van der Waals surface area contributed by atoms with Gasteiger partial charge in [-0.25, -0.2) is 4.79 Å². The maximum atomic E-state index is 11.9. The SMILES string of the molecule is CC(C)C(C)(C)CNC(=O)N1CCNCC1. The molecule has 0 aromatic heterocycles. The minimum absolute atomic E-state index is 0.0789. The summed E-state index contributed by atoms with van der Waals surface area (Å²) in [5.74, 6) is 0.566. The first-order valence-electron chi connectivity index (χ1n) is 6.17. The van der Waals surface area contributed by atoms with E-state index in [1.54, 1.807) is 0 Å². The average molecular weight is 227 g/mol. The highest BCUT2D eigenvalue weighted by Gasteiger charge is 2.24. The fourth-order valence-corrected chi connectivity index (χ4v) is 1.49. The van der Waals surface area contributed by atoms with Crippen molar-refractivity contribution in [2.75, 3.05) is 32.7 Å². The minimum Gasteiger partial charge on any atom is -0.337 e. The average Bonchev–Trinajstić information content (AvgIpc) is 2.27. The van der Waals surface area contributed by atoms with Gasteiger partial charge in [-0.05, 0) is 11.3 Å². The minimum atomic E-state index is 0.0789. The van der Waals surface area contributed by atoms with Crippen molar-refractivity contribution >= 4 is 6.03 Å². The summed E-state index contributed by atoms with van der Waals surface area (Å²) < 4.78 is 0. The summed E-state index contributed by atoms with van der Waals surface area (Å²) in [5, 5.41) is 6.27. The zero-order chi connectivity index (χ0) is 12.2. The molecule has 0 saturated carbocycles. The molecule has 0 aliphatic carbocycles. The van der Waals surface area contributed by atoms with Crippen molar-refractivity contribution in [1.29, 1.82) is 0 Å². The van der Waals surface area contributed by atoms with Gasteiger partial charge in [0.25, 0.3) is 0 Å². The topological polar surface area (TPSA) is 44.4 Å². The summed E-state index contributed by atoms with van der Waals surface area (Å²) in [6.07, 6.45) is 0. The number of urea groups is 1. The van der Waals surface area contributed by atoms with Crippen LogP contribution in [-0.2, 0) is 0 Å². The first kappa shape index (κ1) is 13.3. The largest absolute Gasteiger partial charge is 0.337 e. The van der Waals surface area contributed by atoms with Gasteiger partial charge < -0.3 is 15.5 Å². The van der Waals surface area contributed by atoms with Crippen LogP contribution in [0, 0.1) is 11.3 Å². The lowest BCUT2D eigenvalue weighted by atomic mass is 9.81. The number of nitrogens with zero attached hydrogens (tertiary/aromatic N) is 1. The number of carbonyl (C=O) groups is 1. The molecule has 1 rings (SSSR count). The van der Waals surface area contributed by atoms with Gasteiger partial charge in [-0.2, -0.15) is 0 Å². The first-order valence-corrected chi connectivity index (χ1v) is 6.17. The zero-order valence-corrected chi connectivity index (χ0v) is 11.0. The monoisotopic (exact) mass is 227 g/mol. The zero-order valence-electron chi connectivity index (χ0n) is 11.0. The van der Waals surface area contributed by atoms with E-state index in [2.05, 4.69) is 38.3 Å². The molecule has 0 bridgehead atoms. The van der Waals surface area contributed by atoms with Crippen LogP contribution < -0.4 is 10.6 Å². The van der Waals surface area contributed by atoms with Crippen molar-refractivity contribution in [2.45, 2.75) is 27.7 Å². The van der Waals surface area contributed by atoms with Crippen LogP contribution >= 0.6 is 0 Å². The molecule has 1 aliphatic rings. The Balaban J connectivity index is 2.34. The van der Waals surface area contributed by atoms with E-state index in [4.69, 9.17) is 0 Å². The Morgan fingerprint density at radius 3 is 2.44 bits per heavy atom. The molecule has 4 heteroatoms. The molecule has 16 heavy (non-hydrogen) atoms. The summed E-state index contributed by atoms with van der Waals surface area (Å²) in [6, 6.07) is 0.0789. The molecule has 1 fully saturated rings. The van der Waals surface area contributed by atoms with Gasteiger partial charge in [-0.1, -0.05) is 27.7 Å². The van der Waals surface area contributed by atoms with Crippen LogP contribution in [-0.4, -0.2) is 43.7 Å². The first-order chi connectivity index (χ1) is 7.43. The van der Waals surface area contributed by atoms with E-state index >= 15 is 0 Å². The maximum absolute atomic E-state index is 11.9. The van der Waals surface area contributed by atoms with Gasteiger partial charge in [0, 0.05) is 32.7 Å². The van der Waals surface area contributed by atoms with Gasteiger partial charge in [0.15, 0.2) is 0 Å². The molecule has 1 heterocycles. The summed E-state index contributed by atoms with van der Waals surface area (Å²) in [6.45, 7) is 12.9. The molecule has 0 spiro atoms. The van der Waals surface area contributed by atoms with Crippen molar-refractivity contribution in [3.63, 3.8) is 0 Å². The molecule has 0 atom stereocenters. The molecule has 4 nitrogen and oxygen atoms in total. The second-order valence-corrected chi connectivity index (χ2v) is 5.54. The second kappa shape index (κ2) is 5.53. The fraction of sp³-hybridized carbons (Fsp3) is 0.917. The van der Waals surface area contributed by atoms with E-state index in [-0.39, 0.29) is 11.4 Å². The van der Waals surface area contributed by atoms with Gasteiger partial charge in [0.1, 0.15) is 0 Å². The van der Waals surface area contributed by atoms with E-state index in [0.717, 1.165) is 32.7 Å². The van der Waals surface area contributed by atoms with Crippen LogP contribution in [0.15, 0.2) is 0 Å². The summed E-state index contributed by atoms with van der Waals surface area (Å²) >= 11 is 0. The predicted octanol–water partition coefficient (Wildman–Crippen LogP) is 1.28. The molecular formula is C12H25N3O. The highest BCUT2D eigenvalue weighted by Crippen LogP contribution is 2.24. The second-order valence-electron chi connectivity index (χ2n) is 5.54. The van der Waals surface area contributed by atoms with Crippen LogP contribution in [0.3, 0.4) is 0 Å². The van der Waals surface area contributed by atoms with Gasteiger partial charge in [-0.3, -0.25) is 0 Å². The van der Waals surface area contributed by atoms with Gasteiger partial charge >= 0.3 is 6.03 Å². The van der Waals surface area contributed by atoms with Crippen molar-refractivity contribution in [2.24, 2.45) is 11.3 Å². The number of hydrogen-bond acceptors (Lipinski definition) is 2. The third-order valence-electron chi connectivity index (χ3n) is 3.66. The number of rotatable bonds is 3. The Hall–Kier alpha value is -0.770. The number of nitrogens with one attached hydrogen (secondary N) is 2. The van der Waals surface area contributed by atoms with Crippen molar-refractivity contribution < 1.29 is 4.79 Å². The number of piperazine rings is 1. The van der Waals surface area contributed by atoms with Crippen LogP contribution in [0.5, 0.6) is 0 Å². The summed E-state index contributed by atoms with van der Waals surface area (Å²) in [5.41, 5.74) is 0.156. The Morgan fingerprint density at radius 2 is 1.94 bits per heavy atom. The third-order valence-corrected chi connectivity index (χ3v) is 3.66. The Morgan fingerprint density at radius 1 is 1.38 bits per heavy atom. The van der Waals surface area contributed by atoms with Crippen LogP contribution in [0.25, 0.3) is 0 Å². The lowest BCUT2D eigenvalue weighted by Gasteiger charge is -2.32. The number of carbonyl (C=O) groups excluding carboxylic acids is 1. The van der Waals surface area contributed by atoms with Crippen molar-refractivity contribution in [1.82, 2.24) is 15.5 Å². The quantitative estimate of drug-likeness (QED) is 0.763. The van der Waals surface area contributed by atoms with Crippen LogP contribution in [0.1, 0.15) is 27.7 Å². The van der Waals surface area contributed by atoms with E-state index in [0.29, 0.717) is 5.92 Å². The van der Waals surface area contributed by atoms with E-state index < -0.39 is 0 Å². The highest BCUT2D eigenvalue weighted by molar-refractivity contribution is 5.74. The Kier molecular flexibility index (Phi) is 4.59. The van der Waals surface area contributed by atoms with Crippen LogP contribution in [0.4, 0.5) is 4.79 Å². The van der Waals surface area contributed by atoms with Crippen molar-refractivity contribution in [3.05, 3.63) is 0 Å². The molecule has 94 valence electrons. The fourth-order valence-electron chi connectivity index (χ4n) is 1.49. The Bertz CT molecular complexity index is 232.